The van der Waals surface area contributed by atoms with Crippen LogP contribution >= 0.6 is 0 Å². The average Bonchev–Trinajstić information content (AvgIpc) is 2.25. The molecule has 0 aliphatic rings. The van der Waals surface area contributed by atoms with Gasteiger partial charge in [-0.1, -0.05) is 27.7 Å². The Kier molecular flexibility index (Phi) is 4.48. The van der Waals surface area contributed by atoms with Crippen LogP contribution in [0.4, 0.5) is 13.2 Å². The molecule has 0 saturated carbocycles. The van der Waals surface area contributed by atoms with Gasteiger partial charge in [0.1, 0.15) is 0 Å². The van der Waals surface area contributed by atoms with Crippen LogP contribution in [0.25, 0.3) is 0 Å². The highest BCUT2D eigenvalue weighted by molar-refractivity contribution is 5.48. The molecule has 2 nitrogen and oxygen atoms in total. The van der Waals surface area contributed by atoms with E-state index in [2.05, 4.69) is 4.98 Å². The van der Waals surface area contributed by atoms with Gasteiger partial charge in [-0.25, -0.2) is 4.98 Å². The van der Waals surface area contributed by atoms with E-state index in [0.717, 1.165) is 5.56 Å². The molecule has 0 radical (unpaired) electrons. The fourth-order valence-corrected chi connectivity index (χ4v) is 2.33. The molecule has 0 unspecified atom stereocenters. The second kappa shape index (κ2) is 5.39. The summed E-state index contributed by atoms with van der Waals surface area (Å²) in [6.07, 6.45) is -4.50. The van der Waals surface area contributed by atoms with Crippen LogP contribution in [-0.2, 0) is 6.18 Å². The van der Waals surface area contributed by atoms with Gasteiger partial charge in [-0.2, -0.15) is 13.2 Å². The Labute approximate surface area is 112 Å². The fourth-order valence-electron chi connectivity index (χ4n) is 2.33. The van der Waals surface area contributed by atoms with Gasteiger partial charge in [0.2, 0.25) is 0 Å². The molecular weight excluding hydrogens is 255 g/mol. The van der Waals surface area contributed by atoms with E-state index in [1.54, 1.807) is 6.92 Å². The average molecular weight is 275 g/mol. The summed E-state index contributed by atoms with van der Waals surface area (Å²) in [4.78, 5) is 3.85. The SMILES string of the molecule is COc1c(C(F)(F)F)nc(C(C)C)c(C(C)C)c1C. The van der Waals surface area contributed by atoms with Gasteiger partial charge in [0, 0.05) is 5.69 Å². The third kappa shape index (κ3) is 3.01. The van der Waals surface area contributed by atoms with Gasteiger partial charge in [0.15, 0.2) is 11.4 Å². The van der Waals surface area contributed by atoms with E-state index in [9.17, 15) is 13.2 Å². The normalized spacial score (nSPS) is 12.4. The summed E-state index contributed by atoms with van der Waals surface area (Å²) in [6, 6.07) is 0. The largest absolute Gasteiger partial charge is 0.494 e. The van der Waals surface area contributed by atoms with Gasteiger partial charge in [-0.05, 0) is 29.9 Å². The Bertz CT molecular complexity index is 465. The maximum Gasteiger partial charge on any atom is 0.437 e. The molecule has 0 amide bonds. The molecule has 1 aromatic rings. The Morgan fingerprint density at radius 1 is 1.05 bits per heavy atom. The molecule has 0 aliphatic heterocycles. The van der Waals surface area contributed by atoms with Crippen molar-refractivity contribution in [2.24, 2.45) is 0 Å². The lowest BCUT2D eigenvalue weighted by Crippen LogP contribution is -2.16. The van der Waals surface area contributed by atoms with Crippen LogP contribution in [0, 0.1) is 6.92 Å². The number of aromatic nitrogens is 1. The second-order valence-corrected chi connectivity index (χ2v) is 5.22. The lowest BCUT2D eigenvalue weighted by molar-refractivity contribution is -0.142. The summed E-state index contributed by atoms with van der Waals surface area (Å²) in [5.74, 6) is -0.134. The van der Waals surface area contributed by atoms with E-state index in [0.29, 0.717) is 11.3 Å². The highest BCUT2D eigenvalue weighted by Gasteiger charge is 2.39. The van der Waals surface area contributed by atoms with Crippen LogP contribution in [-0.4, -0.2) is 12.1 Å². The number of halogens is 3. The Balaban J connectivity index is 3.71. The van der Waals surface area contributed by atoms with Gasteiger partial charge in [-0.3, -0.25) is 0 Å². The monoisotopic (exact) mass is 275 g/mol. The minimum atomic E-state index is -4.50. The van der Waals surface area contributed by atoms with Crippen molar-refractivity contribution in [1.29, 1.82) is 0 Å². The molecule has 1 rings (SSSR count). The second-order valence-electron chi connectivity index (χ2n) is 5.22. The van der Waals surface area contributed by atoms with Crippen molar-refractivity contribution in [1.82, 2.24) is 4.98 Å². The lowest BCUT2D eigenvalue weighted by atomic mass is 9.90. The number of hydrogen-bond acceptors (Lipinski definition) is 2. The Hall–Kier alpha value is -1.26. The first kappa shape index (κ1) is 15.8. The van der Waals surface area contributed by atoms with E-state index in [4.69, 9.17) is 4.74 Å². The predicted octanol–water partition coefficient (Wildman–Crippen LogP) is 4.66. The Morgan fingerprint density at radius 2 is 1.58 bits per heavy atom. The van der Waals surface area contributed by atoms with E-state index in [1.807, 2.05) is 27.7 Å². The summed E-state index contributed by atoms with van der Waals surface area (Å²) in [6.45, 7) is 9.25. The predicted molar refractivity (Wildman–Crippen MR) is 68.7 cm³/mol. The molecule has 0 aromatic carbocycles. The molecule has 1 aromatic heterocycles. The van der Waals surface area contributed by atoms with Gasteiger partial charge in [-0.15, -0.1) is 0 Å². The van der Waals surface area contributed by atoms with Crippen LogP contribution in [0.15, 0.2) is 0 Å². The first-order chi connectivity index (χ1) is 8.61. The topological polar surface area (TPSA) is 22.1 Å². The number of nitrogens with zero attached hydrogens (tertiary/aromatic N) is 1. The molecule has 0 saturated heterocycles. The third-order valence-electron chi connectivity index (χ3n) is 3.06. The first-order valence-corrected chi connectivity index (χ1v) is 6.26. The van der Waals surface area contributed by atoms with Crippen molar-refractivity contribution in [3.8, 4) is 5.75 Å². The molecule has 0 N–H and O–H groups in total. The zero-order valence-corrected chi connectivity index (χ0v) is 12.1. The van der Waals surface area contributed by atoms with Crippen LogP contribution in [0.3, 0.4) is 0 Å². The zero-order valence-electron chi connectivity index (χ0n) is 12.1. The molecule has 19 heavy (non-hydrogen) atoms. The minimum absolute atomic E-state index is 0.0666. The molecule has 108 valence electrons. The summed E-state index contributed by atoms with van der Waals surface area (Å²) >= 11 is 0. The molecule has 0 aliphatic carbocycles. The van der Waals surface area contributed by atoms with Crippen molar-refractivity contribution in [3.63, 3.8) is 0 Å². The molecule has 0 spiro atoms. The van der Waals surface area contributed by atoms with E-state index >= 15 is 0 Å². The number of rotatable bonds is 3. The number of ether oxygens (including phenoxy) is 1. The third-order valence-corrected chi connectivity index (χ3v) is 3.06. The van der Waals surface area contributed by atoms with Gasteiger partial charge in [0.05, 0.1) is 7.11 Å². The standard InChI is InChI=1S/C14H20F3NO/c1-7(2)10-9(5)12(19-6)13(14(15,16)17)18-11(10)8(3)4/h7-8H,1-6H3. The summed E-state index contributed by atoms with van der Waals surface area (Å²) in [5, 5.41) is 0. The highest BCUT2D eigenvalue weighted by atomic mass is 19.4. The molecule has 0 atom stereocenters. The van der Waals surface area contributed by atoms with Gasteiger partial charge in [0.25, 0.3) is 0 Å². The molecular formula is C14H20F3NO. The van der Waals surface area contributed by atoms with Crippen LogP contribution in [0.2, 0.25) is 0 Å². The summed E-state index contributed by atoms with van der Waals surface area (Å²) in [5.41, 5.74) is 0.949. The molecule has 1 heterocycles. The minimum Gasteiger partial charge on any atom is -0.494 e. The lowest BCUT2D eigenvalue weighted by Gasteiger charge is -2.23. The number of alkyl halides is 3. The van der Waals surface area contributed by atoms with Crippen molar-refractivity contribution in [2.75, 3.05) is 7.11 Å². The number of methoxy groups -OCH3 is 1. The van der Waals surface area contributed by atoms with Crippen molar-refractivity contribution in [2.45, 2.75) is 52.6 Å². The molecule has 0 bridgehead atoms. The first-order valence-electron chi connectivity index (χ1n) is 6.26. The van der Waals surface area contributed by atoms with Crippen LogP contribution in [0.5, 0.6) is 5.75 Å². The quantitative estimate of drug-likeness (QED) is 0.800. The van der Waals surface area contributed by atoms with Crippen LogP contribution in [0.1, 0.15) is 62.0 Å². The zero-order chi connectivity index (χ0) is 15.0. The van der Waals surface area contributed by atoms with E-state index in [-0.39, 0.29) is 17.6 Å². The van der Waals surface area contributed by atoms with Crippen LogP contribution < -0.4 is 4.74 Å². The number of pyridine rings is 1. The molecule has 0 fully saturated rings. The highest BCUT2D eigenvalue weighted by Crippen LogP contribution is 2.41. The fraction of sp³-hybridized carbons (Fsp3) is 0.643. The molecule has 5 heteroatoms. The van der Waals surface area contributed by atoms with E-state index < -0.39 is 11.9 Å². The maximum atomic E-state index is 13.0. The van der Waals surface area contributed by atoms with Gasteiger partial charge >= 0.3 is 6.18 Å². The van der Waals surface area contributed by atoms with Gasteiger partial charge < -0.3 is 4.74 Å². The summed E-state index contributed by atoms with van der Waals surface area (Å²) in [7, 11) is 1.25. The number of hydrogen-bond donors (Lipinski definition) is 0. The van der Waals surface area contributed by atoms with Crippen molar-refractivity contribution >= 4 is 0 Å². The summed E-state index contributed by atoms with van der Waals surface area (Å²) < 4.78 is 44.1. The van der Waals surface area contributed by atoms with Crippen molar-refractivity contribution in [3.05, 3.63) is 22.5 Å². The maximum absolute atomic E-state index is 13.0. The smallest absolute Gasteiger partial charge is 0.437 e. The Morgan fingerprint density at radius 3 is 1.89 bits per heavy atom. The van der Waals surface area contributed by atoms with E-state index in [1.165, 1.54) is 7.11 Å². The van der Waals surface area contributed by atoms with Crippen molar-refractivity contribution < 1.29 is 17.9 Å².